The second kappa shape index (κ2) is 6.87. The van der Waals surface area contributed by atoms with Crippen molar-refractivity contribution in [2.75, 3.05) is 6.54 Å². The van der Waals surface area contributed by atoms with Crippen molar-refractivity contribution in [1.82, 2.24) is 4.90 Å². The molecule has 1 aliphatic rings. The third-order valence-corrected chi connectivity index (χ3v) is 4.70. The summed E-state index contributed by atoms with van der Waals surface area (Å²) < 4.78 is 0. The molecule has 104 valence electrons. The van der Waals surface area contributed by atoms with Crippen molar-refractivity contribution in [3.63, 3.8) is 0 Å². The van der Waals surface area contributed by atoms with Crippen LogP contribution in [0.25, 0.3) is 6.08 Å². The minimum atomic E-state index is -0.889. The second-order valence-corrected chi connectivity index (χ2v) is 5.97. The van der Waals surface area contributed by atoms with E-state index < -0.39 is 5.97 Å². The molecule has 1 fully saturated rings. The topological polar surface area (TPSA) is 40.5 Å². The molecule has 1 aromatic heterocycles. The maximum atomic E-state index is 10.6. The van der Waals surface area contributed by atoms with Crippen LogP contribution in [0, 0.1) is 0 Å². The van der Waals surface area contributed by atoms with Crippen LogP contribution in [0.2, 0.25) is 0 Å². The number of aliphatic carboxylic acids is 1. The van der Waals surface area contributed by atoms with Crippen molar-refractivity contribution >= 4 is 23.4 Å². The highest BCUT2D eigenvalue weighted by Crippen LogP contribution is 2.27. The van der Waals surface area contributed by atoms with Gasteiger partial charge in [0.1, 0.15) is 0 Å². The van der Waals surface area contributed by atoms with Gasteiger partial charge in [-0.3, -0.25) is 4.90 Å². The molecular formula is C15H21NO2S. The quantitative estimate of drug-likeness (QED) is 0.809. The zero-order valence-corrected chi connectivity index (χ0v) is 12.2. The average Bonchev–Trinajstić information content (AvgIpc) is 3.04. The number of nitrogens with zero attached hydrogens (tertiary/aromatic N) is 1. The van der Waals surface area contributed by atoms with Crippen LogP contribution in [0.5, 0.6) is 0 Å². The first-order valence-electron chi connectivity index (χ1n) is 6.92. The molecule has 1 heterocycles. The first kappa shape index (κ1) is 14.3. The van der Waals surface area contributed by atoms with Crippen molar-refractivity contribution in [3.05, 3.63) is 28.0 Å². The fourth-order valence-corrected chi connectivity index (χ4v) is 3.63. The third kappa shape index (κ3) is 3.91. The molecular weight excluding hydrogens is 258 g/mol. The van der Waals surface area contributed by atoms with Gasteiger partial charge in [-0.15, -0.1) is 11.3 Å². The average molecular weight is 279 g/mol. The van der Waals surface area contributed by atoms with Crippen LogP contribution in [0.4, 0.5) is 0 Å². The zero-order chi connectivity index (χ0) is 13.7. The van der Waals surface area contributed by atoms with E-state index in [-0.39, 0.29) is 0 Å². The molecule has 2 rings (SSSR count). The first-order valence-corrected chi connectivity index (χ1v) is 7.80. The minimum Gasteiger partial charge on any atom is -0.478 e. The second-order valence-electron chi connectivity index (χ2n) is 4.97. The molecule has 0 radical (unpaired) electrons. The monoisotopic (exact) mass is 279 g/mol. The molecule has 0 unspecified atom stereocenters. The Kier molecular flexibility index (Phi) is 5.16. The molecule has 3 nitrogen and oxygen atoms in total. The van der Waals surface area contributed by atoms with Gasteiger partial charge in [0.05, 0.1) is 0 Å². The van der Waals surface area contributed by atoms with E-state index in [1.807, 2.05) is 11.4 Å². The van der Waals surface area contributed by atoms with Gasteiger partial charge in [0.15, 0.2) is 0 Å². The van der Waals surface area contributed by atoms with Gasteiger partial charge in [0.2, 0.25) is 0 Å². The van der Waals surface area contributed by atoms with Gasteiger partial charge in [-0.2, -0.15) is 0 Å². The first-order chi connectivity index (χ1) is 9.20. The molecule has 0 spiro atoms. The molecule has 1 aromatic rings. The van der Waals surface area contributed by atoms with Crippen molar-refractivity contribution in [1.29, 1.82) is 0 Å². The summed E-state index contributed by atoms with van der Waals surface area (Å²) in [6.45, 7) is 4.21. The molecule has 1 saturated carbocycles. The van der Waals surface area contributed by atoms with E-state index in [4.69, 9.17) is 5.11 Å². The lowest BCUT2D eigenvalue weighted by Gasteiger charge is -2.27. The highest BCUT2D eigenvalue weighted by molar-refractivity contribution is 7.10. The van der Waals surface area contributed by atoms with Crippen molar-refractivity contribution in [2.24, 2.45) is 0 Å². The molecule has 0 bridgehead atoms. The molecule has 0 aromatic carbocycles. The molecule has 19 heavy (non-hydrogen) atoms. The number of thiophene rings is 1. The summed E-state index contributed by atoms with van der Waals surface area (Å²) in [5.41, 5.74) is 1.05. The number of hydrogen-bond acceptors (Lipinski definition) is 3. The summed E-state index contributed by atoms with van der Waals surface area (Å²) in [6.07, 6.45) is 8.22. The Bertz CT molecular complexity index is 447. The highest BCUT2D eigenvalue weighted by Gasteiger charge is 2.22. The number of rotatable bonds is 6. The van der Waals surface area contributed by atoms with E-state index in [0.29, 0.717) is 6.04 Å². The van der Waals surface area contributed by atoms with Gasteiger partial charge in [-0.05, 0) is 42.5 Å². The van der Waals surface area contributed by atoms with Crippen LogP contribution in [0.3, 0.4) is 0 Å². The lowest BCUT2D eigenvalue weighted by atomic mass is 10.1. The summed E-state index contributed by atoms with van der Waals surface area (Å²) >= 11 is 1.72. The maximum absolute atomic E-state index is 10.6. The lowest BCUT2D eigenvalue weighted by molar-refractivity contribution is -0.131. The van der Waals surface area contributed by atoms with Gasteiger partial charge in [0, 0.05) is 23.5 Å². The van der Waals surface area contributed by atoms with Crippen LogP contribution in [-0.4, -0.2) is 28.6 Å². The maximum Gasteiger partial charge on any atom is 0.328 e. The Labute approximate surface area is 118 Å². The standard InChI is InChI=1S/C15H21NO2S/c1-2-16(13-5-3-4-6-13)11-14-12(9-10-19-14)7-8-15(17)18/h7-10,13H,2-6,11H2,1H3,(H,17,18). The molecule has 4 heteroatoms. The van der Waals surface area contributed by atoms with Crippen LogP contribution < -0.4 is 0 Å². The van der Waals surface area contributed by atoms with Gasteiger partial charge in [-0.1, -0.05) is 19.8 Å². The Morgan fingerprint density at radius 2 is 2.26 bits per heavy atom. The van der Waals surface area contributed by atoms with Gasteiger partial charge in [-0.25, -0.2) is 4.79 Å². The summed E-state index contributed by atoms with van der Waals surface area (Å²) in [4.78, 5) is 14.4. The Hall–Kier alpha value is -1.13. The summed E-state index contributed by atoms with van der Waals surface area (Å²) in [7, 11) is 0. The molecule has 0 atom stereocenters. The van der Waals surface area contributed by atoms with E-state index in [2.05, 4.69) is 11.8 Å². The number of carboxylic acid groups (broad SMARTS) is 1. The van der Waals surface area contributed by atoms with E-state index in [1.165, 1.54) is 36.6 Å². The Morgan fingerprint density at radius 1 is 1.53 bits per heavy atom. The van der Waals surface area contributed by atoms with E-state index in [1.54, 1.807) is 17.4 Å². The number of hydrogen-bond donors (Lipinski definition) is 1. The number of carbonyl (C=O) groups is 1. The molecule has 0 aliphatic heterocycles. The van der Waals surface area contributed by atoms with Gasteiger partial charge in [0.25, 0.3) is 0 Å². The normalized spacial score (nSPS) is 16.7. The van der Waals surface area contributed by atoms with Crippen LogP contribution in [-0.2, 0) is 11.3 Å². The van der Waals surface area contributed by atoms with E-state index in [9.17, 15) is 4.79 Å². The zero-order valence-electron chi connectivity index (χ0n) is 11.3. The molecule has 0 amide bonds. The van der Waals surface area contributed by atoms with Crippen LogP contribution in [0.15, 0.2) is 17.5 Å². The summed E-state index contributed by atoms with van der Waals surface area (Å²) in [5, 5.41) is 10.8. The highest BCUT2D eigenvalue weighted by atomic mass is 32.1. The van der Waals surface area contributed by atoms with Gasteiger partial charge < -0.3 is 5.11 Å². The summed E-state index contributed by atoms with van der Waals surface area (Å²) in [6, 6.07) is 2.71. The Morgan fingerprint density at radius 3 is 2.89 bits per heavy atom. The molecule has 0 saturated heterocycles. The predicted molar refractivity (Wildman–Crippen MR) is 79.3 cm³/mol. The smallest absolute Gasteiger partial charge is 0.328 e. The number of carboxylic acids is 1. The minimum absolute atomic E-state index is 0.711. The van der Waals surface area contributed by atoms with Crippen LogP contribution in [0.1, 0.15) is 43.0 Å². The predicted octanol–water partition coefficient (Wildman–Crippen LogP) is 3.61. The van der Waals surface area contributed by atoms with E-state index >= 15 is 0 Å². The molecule has 1 aliphatic carbocycles. The molecule has 1 N–H and O–H groups in total. The van der Waals surface area contributed by atoms with Crippen molar-refractivity contribution in [2.45, 2.75) is 45.2 Å². The fourth-order valence-electron chi connectivity index (χ4n) is 2.74. The van der Waals surface area contributed by atoms with Crippen LogP contribution >= 0.6 is 11.3 Å². The Balaban J connectivity index is 2.05. The van der Waals surface area contributed by atoms with E-state index in [0.717, 1.165) is 18.7 Å². The SMILES string of the molecule is CCN(Cc1sccc1C=CC(=O)O)C1CCCC1. The van der Waals surface area contributed by atoms with Crippen molar-refractivity contribution in [3.8, 4) is 0 Å². The van der Waals surface area contributed by atoms with Gasteiger partial charge >= 0.3 is 5.97 Å². The third-order valence-electron chi connectivity index (χ3n) is 3.78. The lowest BCUT2D eigenvalue weighted by Crippen LogP contribution is -2.32. The largest absolute Gasteiger partial charge is 0.478 e. The summed E-state index contributed by atoms with van der Waals surface area (Å²) in [5.74, 6) is -0.889. The van der Waals surface area contributed by atoms with Crippen molar-refractivity contribution < 1.29 is 9.90 Å². The fraction of sp³-hybridized carbons (Fsp3) is 0.533.